The summed E-state index contributed by atoms with van der Waals surface area (Å²) in [5.74, 6) is 0.729. The van der Waals surface area contributed by atoms with Crippen LogP contribution in [0, 0.1) is 11.8 Å². The Morgan fingerprint density at radius 1 is 0.339 bits per heavy atom. The van der Waals surface area contributed by atoms with Crippen LogP contribution in [0.1, 0.15) is 272 Å². The standard InChI is InChI=1S/C50H96O6/c1-6-7-8-9-10-11-12-13-14-15-18-21-24-30-35-40-48(51)54-43-47(56-50(53)42-37-32-27-26-29-34-39-46(4)5)44-55-49(52)41-36-31-25-22-19-16-17-20-23-28-33-38-45(2)3/h45-47H,6-44H2,1-5H3/t47-/m1/s1. The van der Waals surface area contributed by atoms with Crippen LogP contribution in [-0.2, 0) is 28.6 Å². The maximum absolute atomic E-state index is 12.7. The highest BCUT2D eigenvalue weighted by Gasteiger charge is 2.19. The highest BCUT2D eigenvalue weighted by Crippen LogP contribution is 2.17. The largest absolute Gasteiger partial charge is 0.462 e. The molecule has 6 heteroatoms. The zero-order valence-corrected chi connectivity index (χ0v) is 38.3. The summed E-state index contributed by atoms with van der Waals surface area (Å²) in [5, 5.41) is 0. The minimum atomic E-state index is -0.761. The molecule has 0 radical (unpaired) electrons. The fourth-order valence-electron chi connectivity index (χ4n) is 7.46. The number of ether oxygens (including phenoxy) is 3. The van der Waals surface area contributed by atoms with Crippen molar-refractivity contribution in [2.75, 3.05) is 13.2 Å². The highest BCUT2D eigenvalue weighted by molar-refractivity contribution is 5.71. The van der Waals surface area contributed by atoms with Crippen LogP contribution in [0.25, 0.3) is 0 Å². The van der Waals surface area contributed by atoms with Gasteiger partial charge in [0.05, 0.1) is 0 Å². The molecule has 0 rings (SSSR count). The second kappa shape index (κ2) is 43.0. The van der Waals surface area contributed by atoms with Gasteiger partial charge in [0.2, 0.25) is 0 Å². The fourth-order valence-corrected chi connectivity index (χ4v) is 7.46. The van der Waals surface area contributed by atoms with Crippen molar-refractivity contribution in [2.24, 2.45) is 11.8 Å². The van der Waals surface area contributed by atoms with Crippen LogP contribution in [-0.4, -0.2) is 37.2 Å². The predicted octanol–water partition coefficient (Wildman–Crippen LogP) is 15.8. The molecule has 0 N–H and O–H groups in total. The van der Waals surface area contributed by atoms with Crippen molar-refractivity contribution >= 4 is 17.9 Å². The quantitative estimate of drug-likeness (QED) is 0.0347. The molecule has 0 aromatic heterocycles. The number of carbonyl (C=O) groups is 3. The summed E-state index contributed by atoms with van der Waals surface area (Å²) in [6, 6.07) is 0. The summed E-state index contributed by atoms with van der Waals surface area (Å²) >= 11 is 0. The zero-order valence-electron chi connectivity index (χ0n) is 38.3. The summed E-state index contributed by atoms with van der Waals surface area (Å²) in [4.78, 5) is 37.8. The van der Waals surface area contributed by atoms with Crippen molar-refractivity contribution in [2.45, 2.75) is 278 Å². The Morgan fingerprint density at radius 3 is 0.875 bits per heavy atom. The lowest BCUT2D eigenvalue weighted by Crippen LogP contribution is -2.30. The van der Waals surface area contributed by atoms with E-state index in [9.17, 15) is 14.4 Å². The lowest BCUT2D eigenvalue weighted by Gasteiger charge is -2.18. The van der Waals surface area contributed by atoms with Gasteiger partial charge in [0.15, 0.2) is 6.10 Å². The summed E-state index contributed by atoms with van der Waals surface area (Å²) in [7, 11) is 0. The average molecular weight is 793 g/mol. The molecule has 0 aliphatic rings. The summed E-state index contributed by atoms with van der Waals surface area (Å²) in [5.41, 5.74) is 0. The number of esters is 3. The van der Waals surface area contributed by atoms with Gasteiger partial charge in [0, 0.05) is 19.3 Å². The molecule has 1 atom stereocenters. The molecule has 6 nitrogen and oxygen atoms in total. The first-order valence-corrected chi connectivity index (χ1v) is 24.7. The topological polar surface area (TPSA) is 78.9 Å². The summed E-state index contributed by atoms with van der Waals surface area (Å²) < 4.78 is 16.7. The Hall–Kier alpha value is -1.59. The average Bonchev–Trinajstić information content (AvgIpc) is 3.16. The third kappa shape index (κ3) is 43.5. The molecule has 0 unspecified atom stereocenters. The molecule has 0 saturated carbocycles. The third-order valence-corrected chi connectivity index (χ3v) is 11.2. The molecule has 0 saturated heterocycles. The van der Waals surface area contributed by atoms with E-state index in [-0.39, 0.29) is 31.1 Å². The lowest BCUT2D eigenvalue weighted by molar-refractivity contribution is -0.167. The van der Waals surface area contributed by atoms with Gasteiger partial charge in [-0.3, -0.25) is 14.4 Å². The monoisotopic (exact) mass is 793 g/mol. The Balaban J connectivity index is 4.26. The van der Waals surface area contributed by atoms with Gasteiger partial charge in [0.25, 0.3) is 0 Å². The van der Waals surface area contributed by atoms with E-state index >= 15 is 0 Å². The molecule has 0 fully saturated rings. The van der Waals surface area contributed by atoms with Gasteiger partial charge in [-0.2, -0.15) is 0 Å². The Bertz CT molecular complexity index is 854. The van der Waals surface area contributed by atoms with Gasteiger partial charge in [-0.05, 0) is 31.1 Å². The van der Waals surface area contributed by atoms with Crippen LogP contribution in [0.4, 0.5) is 0 Å². The van der Waals surface area contributed by atoms with Crippen LogP contribution >= 0.6 is 0 Å². The number of hydrogen-bond acceptors (Lipinski definition) is 6. The van der Waals surface area contributed by atoms with E-state index in [1.165, 1.54) is 161 Å². The highest BCUT2D eigenvalue weighted by atomic mass is 16.6. The third-order valence-electron chi connectivity index (χ3n) is 11.2. The van der Waals surface area contributed by atoms with E-state index in [2.05, 4.69) is 34.6 Å². The van der Waals surface area contributed by atoms with Gasteiger partial charge in [0.1, 0.15) is 13.2 Å². The van der Waals surface area contributed by atoms with Crippen molar-refractivity contribution in [1.82, 2.24) is 0 Å². The van der Waals surface area contributed by atoms with Gasteiger partial charge >= 0.3 is 17.9 Å². The number of hydrogen-bond donors (Lipinski definition) is 0. The van der Waals surface area contributed by atoms with Crippen molar-refractivity contribution < 1.29 is 28.6 Å². The fraction of sp³-hybridized carbons (Fsp3) is 0.940. The predicted molar refractivity (Wildman–Crippen MR) is 238 cm³/mol. The van der Waals surface area contributed by atoms with Gasteiger partial charge in [-0.15, -0.1) is 0 Å². The first-order chi connectivity index (χ1) is 27.2. The molecule has 0 bridgehead atoms. The molecule has 0 aromatic rings. The van der Waals surface area contributed by atoms with E-state index in [0.29, 0.717) is 19.3 Å². The van der Waals surface area contributed by atoms with E-state index in [1.807, 2.05) is 0 Å². The van der Waals surface area contributed by atoms with Gasteiger partial charge < -0.3 is 14.2 Å². The molecular weight excluding hydrogens is 697 g/mol. The van der Waals surface area contributed by atoms with Crippen LogP contribution in [0.3, 0.4) is 0 Å². The SMILES string of the molecule is CCCCCCCCCCCCCCCCCC(=O)OC[C@H](COC(=O)CCCCCCCCCCCCCC(C)C)OC(=O)CCCCCCCCC(C)C. The normalized spacial score (nSPS) is 12.1. The van der Waals surface area contributed by atoms with Gasteiger partial charge in [-0.25, -0.2) is 0 Å². The molecule has 0 aromatic carbocycles. The second-order valence-electron chi connectivity index (χ2n) is 18.1. The van der Waals surface area contributed by atoms with Crippen LogP contribution in [0.15, 0.2) is 0 Å². The zero-order chi connectivity index (χ0) is 41.2. The van der Waals surface area contributed by atoms with Crippen LogP contribution in [0.5, 0.6) is 0 Å². The molecule has 0 spiro atoms. The smallest absolute Gasteiger partial charge is 0.306 e. The Kier molecular flexibility index (Phi) is 41.8. The number of carbonyl (C=O) groups excluding carboxylic acids is 3. The maximum atomic E-state index is 12.7. The van der Waals surface area contributed by atoms with Crippen molar-refractivity contribution in [3.63, 3.8) is 0 Å². The molecule has 332 valence electrons. The van der Waals surface area contributed by atoms with Gasteiger partial charge in [-0.1, -0.05) is 234 Å². The maximum Gasteiger partial charge on any atom is 0.306 e. The first-order valence-electron chi connectivity index (χ1n) is 24.7. The molecular formula is C50H96O6. The summed E-state index contributed by atoms with van der Waals surface area (Å²) in [6.45, 7) is 11.3. The second-order valence-corrected chi connectivity index (χ2v) is 18.1. The lowest BCUT2D eigenvalue weighted by atomic mass is 10.0. The van der Waals surface area contributed by atoms with Crippen LogP contribution in [0.2, 0.25) is 0 Å². The molecule has 0 aliphatic heterocycles. The van der Waals surface area contributed by atoms with E-state index in [0.717, 1.165) is 69.6 Å². The van der Waals surface area contributed by atoms with Crippen LogP contribution < -0.4 is 0 Å². The molecule has 0 heterocycles. The van der Waals surface area contributed by atoms with E-state index in [1.54, 1.807) is 0 Å². The van der Waals surface area contributed by atoms with Crippen molar-refractivity contribution in [3.8, 4) is 0 Å². The van der Waals surface area contributed by atoms with E-state index in [4.69, 9.17) is 14.2 Å². The molecule has 56 heavy (non-hydrogen) atoms. The minimum absolute atomic E-state index is 0.0651. The van der Waals surface area contributed by atoms with Crippen molar-refractivity contribution in [1.29, 1.82) is 0 Å². The summed E-state index contributed by atoms with van der Waals surface area (Å²) in [6.07, 6.45) is 42.4. The van der Waals surface area contributed by atoms with E-state index < -0.39 is 6.10 Å². The number of rotatable bonds is 44. The Morgan fingerprint density at radius 2 is 0.589 bits per heavy atom. The number of unbranched alkanes of at least 4 members (excludes halogenated alkanes) is 29. The minimum Gasteiger partial charge on any atom is -0.462 e. The molecule has 0 amide bonds. The van der Waals surface area contributed by atoms with Crippen molar-refractivity contribution in [3.05, 3.63) is 0 Å². The Labute approximate surface area is 348 Å². The first kappa shape index (κ1) is 54.4. The molecule has 0 aliphatic carbocycles.